The van der Waals surface area contributed by atoms with E-state index in [9.17, 15) is 9.59 Å². The lowest BCUT2D eigenvalue weighted by atomic mass is 10.0. The minimum Gasteiger partial charge on any atom is -0.325 e. The number of hydrogen-bond donors (Lipinski definition) is 1. The number of nitrogens with two attached hydrogens (primary N) is 1. The van der Waals surface area contributed by atoms with Crippen LogP contribution < -0.4 is 5.73 Å². The number of hydrogen-bond acceptors (Lipinski definition) is 3. The molecule has 2 amide bonds. The van der Waals surface area contributed by atoms with Crippen molar-refractivity contribution in [3.8, 4) is 0 Å². The first-order valence-electron chi connectivity index (χ1n) is 5.02. The van der Waals surface area contributed by atoms with Crippen LogP contribution in [0.5, 0.6) is 0 Å². The van der Waals surface area contributed by atoms with Gasteiger partial charge in [-0.3, -0.25) is 14.5 Å². The van der Waals surface area contributed by atoms with Crippen LogP contribution in [0.25, 0.3) is 0 Å². The summed E-state index contributed by atoms with van der Waals surface area (Å²) in [7, 11) is 0. The number of amides is 2. The lowest BCUT2D eigenvalue weighted by Gasteiger charge is -2.28. The molecule has 1 aliphatic heterocycles. The van der Waals surface area contributed by atoms with E-state index in [1.54, 1.807) is 0 Å². The molecule has 0 aromatic heterocycles. The Bertz CT molecular complexity index is 227. The number of piperidine rings is 1. The largest absolute Gasteiger partial charge is 0.325 e. The summed E-state index contributed by atoms with van der Waals surface area (Å²) >= 11 is 0. The summed E-state index contributed by atoms with van der Waals surface area (Å²) in [4.78, 5) is 24.1. The molecule has 4 nitrogen and oxygen atoms in total. The zero-order valence-electron chi connectivity index (χ0n) is 8.88. The summed E-state index contributed by atoms with van der Waals surface area (Å²) < 4.78 is 0. The minimum absolute atomic E-state index is 0.0505. The highest BCUT2D eigenvalue weighted by molar-refractivity contribution is 5.97. The highest BCUT2D eigenvalue weighted by Crippen LogP contribution is 2.14. The van der Waals surface area contributed by atoms with Crippen molar-refractivity contribution in [2.75, 3.05) is 6.54 Å². The van der Waals surface area contributed by atoms with Crippen molar-refractivity contribution < 1.29 is 9.59 Å². The topological polar surface area (TPSA) is 63.4 Å². The molecule has 80 valence electrons. The van der Waals surface area contributed by atoms with E-state index in [2.05, 4.69) is 0 Å². The second-order valence-corrected chi connectivity index (χ2v) is 4.53. The molecular formula is C10H18N2O2. The van der Waals surface area contributed by atoms with E-state index < -0.39 is 0 Å². The van der Waals surface area contributed by atoms with Gasteiger partial charge >= 0.3 is 0 Å². The second-order valence-electron chi connectivity index (χ2n) is 4.53. The first kappa shape index (κ1) is 11.2. The predicted molar refractivity (Wildman–Crippen MR) is 53.5 cm³/mol. The third-order valence-corrected chi connectivity index (χ3v) is 2.36. The van der Waals surface area contributed by atoms with Crippen LogP contribution in [0.2, 0.25) is 0 Å². The van der Waals surface area contributed by atoms with E-state index in [-0.39, 0.29) is 17.4 Å². The van der Waals surface area contributed by atoms with Crippen molar-refractivity contribution in [3.05, 3.63) is 0 Å². The first-order valence-corrected chi connectivity index (χ1v) is 5.02. The average molecular weight is 198 g/mol. The van der Waals surface area contributed by atoms with Crippen LogP contribution >= 0.6 is 0 Å². The number of carbonyl (C=O) groups excluding carboxylic acids is 2. The smallest absolute Gasteiger partial charge is 0.229 e. The monoisotopic (exact) mass is 198 g/mol. The van der Waals surface area contributed by atoms with Crippen LogP contribution in [0.1, 0.15) is 39.5 Å². The summed E-state index contributed by atoms with van der Waals surface area (Å²) in [5.74, 6) is -0.101. The maximum absolute atomic E-state index is 11.4. The van der Waals surface area contributed by atoms with Gasteiger partial charge in [-0.05, 0) is 26.7 Å². The Morgan fingerprint density at radius 1 is 1.29 bits per heavy atom. The van der Waals surface area contributed by atoms with Crippen molar-refractivity contribution in [1.82, 2.24) is 4.90 Å². The molecule has 1 heterocycles. The van der Waals surface area contributed by atoms with Crippen LogP contribution in [0.3, 0.4) is 0 Å². The van der Waals surface area contributed by atoms with Gasteiger partial charge in [0.25, 0.3) is 0 Å². The van der Waals surface area contributed by atoms with E-state index in [0.717, 1.165) is 0 Å². The van der Waals surface area contributed by atoms with Gasteiger partial charge in [0.1, 0.15) is 0 Å². The van der Waals surface area contributed by atoms with E-state index in [0.29, 0.717) is 32.2 Å². The van der Waals surface area contributed by atoms with Crippen LogP contribution in [-0.2, 0) is 9.59 Å². The molecule has 2 N–H and O–H groups in total. The Labute approximate surface area is 84.4 Å². The van der Waals surface area contributed by atoms with Crippen molar-refractivity contribution in [2.45, 2.75) is 45.1 Å². The number of carbonyl (C=O) groups is 2. The van der Waals surface area contributed by atoms with E-state index in [1.165, 1.54) is 4.90 Å². The Kier molecular flexibility index (Phi) is 3.26. The third kappa shape index (κ3) is 3.10. The molecule has 0 aliphatic carbocycles. The fourth-order valence-corrected chi connectivity index (χ4v) is 1.45. The van der Waals surface area contributed by atoms with E-state index in [4.69, 9.17) is 5.73 Å². The maximum Gasteiger partial charge on any atom is 0.229 e. The minimum atomic E-state index is -0.321. The fraction of sp³-hybridized carbons (Fsp3) is 0.800. The van der Waals surface area contributed by atoms with Gasteiger partial charge in [0.05, 0.1) is 0 Å². The molecule has 1 aliphatic rings. The highest BCUT2D eigenvalue weighted by Gasteiger charge is 2.26. The van der Waals surface area contributed by atoms with Crippen LogP contribution in [0.4, 0.5) is 0 Å². The number of nitrogens with zero attached hydrogens (tertiary/aromatic N) is 1. The van der Waals surface area contributed by atoms with Gasteiger partial charge in [0.15, 0.2) is 0 Å². The van der Waals surface area contributed by atoms with E-state index >= 15 is 0 Å². The van der Waals surface area contributed by atoms with E-state index in [1.807, 2.05) is 13.8 Å². The Balaban J connectivity index is 2.49. The van der Waals surface area contributed by atoms with Crippen molar-refractivity contribution in [3.63, 3.8) is 0 Å². The number of rotatable bonds is 3. The summed E-state index contributed by atoms with van der Waals surface area (Å²) in [6.07, 6.45) is 2.35. The summed E-state index contributed by atoms with van der Waals surface area (Å²) in [5.41, 5.74) is 5.47. The van der Waals surface area contributed by atoms with Crippen LogP contribution in [0, 0.1) is 0 Å². The zero-order valence-corrected chi connectivity index (χ0v) is 8.88. The molecule has 14 heavy (non-hydrogen) atoms. The van der Waals surface area contributed by atoms with Crippen LogP contribution in [0.15, 0.2) is 0 Å². The molecule has 0 radical (unpaired) electrons. The number of likely N-dealkylation sites (tertiary alicyclic amines) is 1. The third-order valence-electron chi connectivity index (χ3n) is 2.36. The van der Waals surface area contributed by atoms with Crippen molar-refractivity contribution in [1.29, 1.82) is 0 Å². The van der Waals surface area contributed by atoms with Gasteiger partial charge in [0.2, 0.25) is 11.8 Å². The molecule has 0 atom stereocenters. The molecule has 1 rings (SSSR count). The van der Waals surface area contributed by atoms with Gasteiger partial charge in [-0.25, -0.2) is 0 Å². The van der Waals surface area contributed by atoms with Gasteiger partial charge in [0, 0.05) is 24.9 Å². The molecule has 0 unspecified atom stereocenters. The molecule has 1 fully saturated rings. The van der Waals surface area contributed by atoms with Crippen molar-refractivity contribution in [2.24, 2.45) is 5.73 Å². The molecule has 0 saturated carbocycles. The van der Waals surface area contributed by atoms with Gasteiger partial charge in [-0.1, -0.05) is 0 Å². The normalized spacial score (nSPS) is 18.9. The molecule has 0 bridgehead atoms. The number of imide groups is 1. The second kappa shape index (κ2) is 4.09. The van der Waals surface area contributed by atoms with Gasteiger partial charge in [-0.2, -0.15) is 0 Å². The highest BCUT2D eigenvalue weighted by atomic mass is 16.2. The zero-order chi connectivity index (χ0) is 10.8. The summed E-state index contributed by atoms with van der Waals surface area (Å²) in [6, 6.07) is 0. The van der Waals surface area contributed by atoms with Crippen LogP contribution in [-0.4, -0.2) is 28.8 Å². The standard InChI is InChI=1S/C10H18N2O2/c1-10(2,11)6-7-12-8(13)4-3-5-9(12)14/h3-7,11H2,1-2H3. The average Bonchev–Trinajstić information content (AvgIpc) is 2.01. The fourth-order valence-electron chi connectivity index (χ4n) is 1.45. The Morgan fingerprint density at radius 3 is 2.21 bits per heavy atom. The molecule has 0 aromatic rings. The van der Waals surface area contributed by atoms with Crippen molar-refractivity contribution >= 4 is 11.8 Å². The lowest BCUT2D eigenvalue weighted by Crippen LogP contribution is -2.44. The molecular weight excluding hydrogens is 180 g/mol. The summed E-state index contributed by atoms with van der Waals surface area (Å²) in [6.45, 7) is 4.25. The predicted octanol–water partition coefficient (Wildman–Crippen LogP) is 0.653. The Hall–Kier alpha value is -0.900. The SMILES string of the molecule is CC(C)(N)CCN1C(=O)CCCC1=O. The van der Waals surface area contributed by atoms with Gasteiger partial charge in [-0.15, -0.1) is 0 Å². The molecule has 0 aromatic carbocycles. The quantitative estimate of drug-likeness (QED) is 0.677. The lowest BCUT2D eigenvalue weighted by molar-refractivity contribution is -0.148. The maximum atomic E-state index is 11.4. The van der Waals surface area contributed by atoms with Gasteiger partial charge < -0.3 is 5.73 Å². The molecule has 0 spiro atoms. The first-order chi connectivity index (χ1) is 6.40. The molecule has 1 saturated heterocycles. The summed E-state index contributed by atoms with van der Waals surface area (Å²) in [5, 5.41) is 0. The molecule has 4 heteroatoms. The Morgan fingerprint density at radius 2 is 1.79 bits per heavy atom.